The van der Waals surface area contributed by atoms with Gasteiger partial charge in [0.25, 0.3) is 0 Å². The first-order valence-corrected chi connectivity index (χ1v) is 10.2. The van der Waals surface area contributed by atoms with Crippen LogP contribution in [-0.4, -0.2) is 28.7 Å². The van der Waals surface area contributed by atoms with Gasteiger partial charge in [0.1, 0.15) is 12.7 Å². The molecule has 0 spiro atoms. The van der Waals surface area contributed by atoms with Gasteiger partial charge in [-0.15, -0.1) is 0 Å². The fourth-order valence-corrected chi connectivity index (χ4v) is 3.56. The number of rotatable bonds is 6. The zero-order valence-electron chi connectivity index (χ0n) is 17.2. The quantitative estimate of drug-likeness (QED) is 0.420. The number of aromatic nitrogens is 6. The number of hydrogen-bond acceptors (Lipinski definition) is 4. The Hall–Kier alpha value is -4.46. The molecule has 0 saturated carbocycles. The predicted octanol–water partition coefficient (Wildman–Crippen LogP) is 2.48. The van der Waals surface area contributed by atoms with E-state index in [2.05, 4.69) is 10.2 Å². The third-order valence-corrected chi connectivity index (χ3v) is 5.18. The van der Waals surface area contributed by atoms with Crippen LogP contribution in [0.15, 0.2) is 107 Å². The van der Waals surface area contributed by atoms with E-state index >= 15 is 0 Å². The molecule has 0 N–H and O–H groups in total. The van der Waals surface area contributed by atoms with E-state index in [0.29, 0.717) is 24.5 Å². The van der Waals surface area contributed by atoms with Crippen LogP contribution < -0.4 is 11.4 Å². The van der Waals surface area contributed by atoms with Crippen LogP contribution in [-0.2, 0) is 13.1 Å². The Labute approximate surface area is 183 Å². The summed E-state index contributed by atoms with van der Waals surface area (Å²) in [6.45, 7) is 0.866. The van der Waals surface area contributed by atoms with Gasteiger partial charge < -0.3 is 0 Å². The molecule has 8 nitrogen and oxygen atoms in total. The highest BCUT2D eigenvalue weighted by Crippen LogP contribution is 2.11. The van der Waals surface area contributed by atoms with Gasteiger partial charge >= 0.3 is 11.4 Å². The van der Waals surface area contributed by atoms with Crippen molar-refractivity contribution < 1.29 is 0 Å². The summed E-state index contributed by atoms with van der Waals surface area (Å²) in [5, 5.41) is 8.51. The third-order valence-electron chi connectivity index (χ3n) is 5.18. The Morgan fingerprint density at radius 1 is 0.562 bits per heavy atom. The van der Waals surface area contributed by atoms with Crippen LogP contribution in [0.4, 0.5) is 0 Å². The van der Waals surface area contributed by atoms with Crippen LogP contribution in [0.5, 0.6) is 0 Å². The molecule has 32 heavy (non-hydrogen) atoms. The molecule has 0 saturated heterocycles. The van der Waals surface area contributed by atoms with Crippen LogP contribution in [0.1, 0.15) is 11.1 Å². The van der Waals surface area contributed by atoms with Gasteiger partial charge in [0.05, 0.1) is 24.5 Å². The molecule has 0 atom stereocenters. The zero-order chi connectivity index (χ0) is 21.9. The summed E-state index contributed by atoms with van der Waals surface area (Å²) in [5.74, 6) is 0. The van der Waals surface area contributed by atoms with Crippen LogP contribution in [0.25, 0.3) is 11.4 Å². The molecule has 0 bridgehead atoms. The molecule has 0 amide bonds. The highest BCUT2D eigenvalue weighted by atomic mass is 16.2. The summed E-state index contributed by atoms with van der Waals surface area (Å²) in [4.78, 5) is 25.7. The van der Waals surface area contributed by atoms with E-state index in [0.717, 1.165) is 11.1 Å². The lowest BCUT2D eigenvalue weighted by atomic mass is 10.2. The SMILES string of the molecule is O=c1n(Cc2ccccc2)cnn1-c1cccc(-n2ncn(Cc3ccccc3)c2=O)c1. The van der Waals surface area contributed by atoms with Gasteiger partial charge in [-0.1, -0.05) is 66.7 Å². The molecule has 0 radical (unpaired) electrons. The normalized spacial score (nSPS) is 11.0. The average Bonchev–Trinajstić information content (AvgIpc) is 3.38. The summed E-state index contributed by atoms with van der Waals surface area (Å²) < 4.78 is 5.72. The highest BCUT2D eigenvalue weighted by molar-refractivity contribution is 5.42. The van der Waals surface area contributed by atoms with Gasteiger partial charge in [-0.05, 0) is 29.3 Å². The highest BCUT2D eigenvalue weighted by Gasteiger charge is 2.12. The maximum Gasteiger partial charge on any atom is 0.350 e. The number of hydrogen-bond donors (Lipinski definition) is 0. The van der Waals surface area contributed by atoms with Crippen LogP contribution in [0.2, 0.25) is 0 Å². The van der Waals surface area contributed by atoms with Gasteiger partial charge in [-0.2, -0.15) is 19.6 Å². The summed E-state index contributed by atoms with van der Waals surface area (Å²) in [6, 6.07) is 26.5. The van der Waals surface area contributed by atoms with Crippen LogP contribution in [0.3, 0.4) is 0 Å². The van der Waals surface area contributed by atoms with Crippen molar-refractivity contribution in [2.75, 3.05) is 0 Å². The van der Waals surface area contributed by atoms with Crippen molar-refractivity contribution in [3.05, 3.63) is 130 Å². The second-order valence-corrected chi connectivity index (χ2v) is 7.40. The van der Waals surface area contributed by atoms with E-state index in [1.807, 2.05) is 60.7 Å². The second kappa shape index (κ2) is 8.35. The molecular formula is C24H20N6O2. The van der Waals surface area contributed by atoms with Crippen molar-refractivity contribution in [1.29, 1.82) is 0 Å². The standard InChI is InChI=1S/C24H20N6O2/c31-23-27(15-19-8-3-1-4-9-19)17-25-29(23)21-12-7-13-22(14-21)30-24(32)28(18-26-30)16-20-10-5-2-6-11-20/h1-14,17-18H,15-16H2. The van der Waals surface area contributed by atoms with Crippen molar-refractivity contribution in [3.63, 3.8) is 0 Å². The van der Waals surface area contributed by atoms with Gasteiger partial charge in [-0.25, -0.2) is 9.59 Å². The Morgan fingerprint density at radius 3 is 1.44 bits per heavy atom. The summed E-state index contributed by atoms with van der Waals surface area (Å²) in [6.07, 6.45) is 3.03. The number of benzene rings is 3. The van der Waals surface area contributed by atoms with E-state index < -0.39 is 0 Å². The Morgan fingerprint density at radius 2 is 1.00 bits per heavy atom. The van der Waals surface area contributed by atoms with E-state index in [-0.39, 0.29) is 11.4 Å². The molecule has 8 heteroatoms. The molecule has 158 valence electrons. The summed E-state index contributed by atoms with van der Waals surface area (Å²) >= 11 is 0. The van der Waals surface area contributed by atoms with Gasteiger partial charge in [0.15, 0.2) is 0 Å². The number of nitrogens with zero attached hydrogens (tertiary/aromatic N) is 6. The molecule has 2 heterocycles. The monoisotopic (exact) mass is 424 g/mol. The first kappa shape index (κ1) is 19.5. The molecule has 2 aromatic heterocycles. The van der Waals surface area contributed by atoms with Gasteiger partial charge in [-0.3, -0.25) is 9.13 Å². The molecule has 0 aliphatic heterocycles. The molecule has 3 aromatic carbocycles. The van der Waals surface area contributed by atoms with Crippen molar-refractivity contribution in [2.24, 2.45) is 0 Å². The maximum absolute atomic E-state index is 12.9. The Kier molecular flexibility index (Phi) is 5.09. The van der Waals surface area contributed by atoms with E-state index in [1.54, 1.807) is 33.4 Å². The average molecular weight is 424 g/mol. The van der Waals surface area contributed by atoms with Crippen molar-refractivity contribution >= 4 is 0 Å². The molecule has 5 rings (SSSR count). The minimum absolute atomic E-state index is 0.257. The minimum Gasteiger partial charge on any atom is -0.277 e. The second-order valence-electron chi connectivity index (χ2n) is 7.40. The first-order chi connectivity index (χ1) is 15.7. The minimum atomic E-state index is -0.257. The van der Waals surface area contributed by atoms with Gasteiger partial charge in [0, 0.05) is 0 Å². The van der Waals surface area contributed by atoms with Crippen molar-refractivity contribution in [1.82, 2.24) is 28.7 Å². The molecule has 0 unspecified atom stereocenters. The predicted molar refractivity (Wildman–Crippen MR) is 120 cm³/mol. The largest absolute Gasteiger partial charge is 0.350 e. The molecule has 0 fully saturated rings. The lowest BCUT2D eigenvalue weighted by molar-refractivity contribution is 0.732. The lowest BCUT2D eigenvalue weighted by Crippen LogP contribution is -2.25. The Bertz CT molecular complexity index is 1350. The fraction of sp³-hybridized carbons (Fsp3) is 0.0833. The first-order valence-electron chi connectivity index (χ1n) is 10.2. The van der Waals surface area contributed by atoms with Crippen molar-refractivity contribution in [3.8, 4) is 11.4 Å². The lowest BCUT2D eigenvalue weighted by Gasteiger charge is -2.04. The molecular weight excluding hydrogens is 404 g/mol. The summed E-state index contributed by atoms with van der Waals surface area (Å²) in [7, 11) is 0. The molecule has 5 aromatic rings. The summed E-state index contributed by atoms with van der Waals surface area (Å²) in [5.41, 5.74) is 2.63. The van der Waals surface area contributed by atoms with E-state index in [1.165, 1.54) is 22.0 Å². The van der Waals surface area contributed by atoms with E-state index in [9.17, 15) is 9.59 Å². The molecule has 0 aliphatic carbocycles. The van der Waals surface area contributed by atoms with E-state index in [4.69, 9.17) is 0 Å². The molecule has 0 aliphatic rings. The van der Waals surface area contributed by atoms with Crippen LogP contribution >= 0.6 is 0 Å². The smallest absolute Gasteiger partial charge is 0.277 e. The Balaban J connectivity index is 1.44. The third kappa shape index (κ3) is 3.81. The fourth-order valence-electron chi connectivity index (χ4n) is 3.56. The van der Waals surface area contributed by atoms with Gasteiger partial charge in [0.2, 0.25) is 0 Å². The topological polar surface area (TPSA) is 79.6 Å². The zero-order valence-corrected chi connectivity index (χ0v) is 17.2. The van der Waals surface area contributed by atoms with Crippen molar-refractivity contribution in [2.45, 2.75) is 13.1 Å². The van der Waals surface area contributed by atoms with Crippen LogP contribution in [0, 0.1) is 0 Å². The maximum atomic E-state index is 12.9.